The van der Waals surface area contributed by atoms with Crippen LogP contribution in [0.2, 0.25) is 0 Å². The Labute approximate surface area is 191 Å². The van der Waals surface area contributed by atoms with Gasteiger partial charge in [-0.25, -0.2) is 0 Å². The largest absolute Gasteiger partial charge is 0.464 e. The Kier molecular flexibility index (Phi) is 23.6. The molecule has 0 aliphatic carbocycles. The zero-order valence-electron chi connectivity index (χ0n) is 20.4. The first kappa shape index (κ1) is 32.5. The fraction of sp³-hybridized carbons (Fsp3) is 0.957. The van der Waals surface area contributed by atoms with Crippen molar-refractivity contribution in [2.45, 2.75) is 111 Å². The monoisotopic (exact) mass is 467 g/mol. The summed E-state index contributed by atoms with van der Waals surface area (Å²) in [4.78, 5) is 11.3. The van der Waals surface area contributed by atoms with Crippen LogP contribution >= 0.6 is 0 Å². The minimum atomic E-state index is -4.16. The fourth-order valence-corrected chi connectivity index (χ4v) is 3.66. The third kappa shape index (κ3) is 29.3. The lowest BCUT2D eigenvalue weighted by atomic mass is 9.90. The second kappa shape index (κ2) is 22.5. The van der Waals surface area contributed by atoms with Crippen LogP contribution in [-0.4, -0.2) is 39.2 Å². The van der Waals surface area contributed by atoms with Crippen molar-refractivity contribution in [2.75, 3.05) is 20.3 Å². The van der Waals surface area contributed by atoms with Crippen LogP contribution in [0.25, 0.3) is 0 Å². The Balaban J connectivity index is 0. The van der Waals surface area contributed by atoms with Crippen LogP contribution in [0.4, 0.5) is 0 Å². The number of carbonyl (C=O) groups excluding carboxylic acids is 1. The standard InChI is InChI=1S/C22H45NO2.CH4O4S/c1-4-14-20(2)19-21(3)15-12-10-8-6-5-7-9-11-13-16-22(24)25-18-17-23;1-5-6(2,3)4/h20-21H,4-19,23H2,1-3H3;1H3,(H,2,3,4). The van der Waals surface area contributed by atoms with E-state index < -0.39 is 10.4 Å². The molecule has 0 heterocycles. The molecule has 0 aromatic rings. The van der Waals surface area contributed by atoms with Crippen LogP contribution < -0.4 is 5.73 Å². The normalized spacial score (nSPS) is 13.2. The van der Waals surface area contributed by atoms with E-state index in [0.29, 0.717) is 19.6 Å². The number of nitrogens with two attached hydrogens (primary N) is 1. The van der Waals surface area contributed by atoms with Gasteiger partial charge in [0.15, 0.2) is 0 Å². The lowest BCUT2D eigenvalue weighted by Gasteiger charge is -2.16. The van der Waals surface area contributed by atoms with Gasteiger partial charge in [-0.3, -0.25) is 13.5 Å². The number of esters is 1. The highest BCUT2D eigenvalue weighted by Crippen LogP contribution is 2.21. The zero-order chi connectivity index (χ0) is 24.0. The summed E-state index contributed by atoms with van der Waals surface area (Å²) in [6.07, 6.45) is 17.7. The molecule has 0 amide bonds. The van der Waals surface area contributed by atoms with Gasteiger partial charge in [0.25, 0.3) is 0 Å². The number of ether oxygens (including phenoxy) is 1. The maximum atomic E-state index is 11.3. The topological polar surface area (TPSA) is 116 Å². The van der Waals surface area contributed by atoms with Crippen molar-refractivity contribution in [3.05, 3.63) is 0 Å². The van der Waals surface area contributed by atoms with Crippen molar-refractivity contribution in [3.63, 3.8) is 0 Å². The van der Waals surface area contributed by atoms with E-state index in [1.165, 1.54) is 70.6 Å². The number of rotatable bonds is 19. The van der Waals surface area contributed by atoms with E-state index in [-0.39, 0.29) is 5.97 Å². The summed E-state index contributed by atoms with van der Waals surface area (Å²) >= 11 is 0. The molecule has 0 bridgehead atoms. The Morgan fingerprint density at radius 1 is 0.903 bits per heavy atom. The Morgan fingerprint density at radius 3 is 1.81 bits per heavy atom. The first-order valence-electron chi connectivity index (χ1n) is 12.0. The summed E-state index contributed by atoms with van der Waals surface area (Å²) in [5.74, 6) is 1.71. The zero-order valence-corrected chi connectivity index (χ0v) is 21.3. The Hall–Kier alpha value is -0.700. The fourth-order valence-electron chi connectivity index (χ4n) is 3.66. The molecular weight excluding hydrogens is 418 g/mol. The summed E-state index contributed by atoms with van der Waals surface area (Å²) in [7, 11) is -3.29. The van der Waals surface area contributed by atoms with Gasteiger partial charge in [0.2, 0.25) is 0 Å². The lowest BCUT2D eigenvalue weighted by molar-refractivity contribution is -0.143. The van der Waals surface area contributed by atoms with E-state index in [0.717, 1.165) is 31.8 Å². The third-order valence-electron chi connectivity index (χ3n) is 5.26. The molecule has 0 aromatic heterocycles. The van der Waals surface area contributed by atoms with Crippen LogP contribution in [-0.2, 0) is 24.1 Å². The van der Waals surface area contributed by atoms with Crippen LogP contribution in [0, 0.1) is 11.8 Å². The predicted octanol–water partition coefficient (Wildman–Crippen LogP) is 5.68. The third-order valence-corrected chi connectivity index (χ3v) is 5.68. The molecule has 0 rings (SSSR count). The van der Waals surface area contributed by atoms with Gasteiger partial charge < -0.3 is 10.5 Å². The van der Waals surface area contributed by atoms with E-state index in [1.807, 2.05) is 0 Å². The number of hydrogen-bond acceptors (Lipinski definition) is 6. The summed E-state index contributed by atoms with van der Waals surface area (Å²) < 4.78 is 34.7. The summed E-state index contributed by atoms with van der Waals surface area (Å²) in [5.41, 5.74) is 5.30. The molecule has 0 radical (unpaired) electrons. The van der Waals surface area contributed by atoms with Crippen molar-refractivity contribution in [1.82, 2.24) is 0 Å². The van der Waals surface area contributed by atoms with Crippen molar-refractivity contribution in [1.29, 1.82) is 0 Å². The average molecular weight is 468 g/mol. The van der Waals surface area contributed by atoms with Crippen molar-refractivity contribution in [2.24, 2.45) is 17.6 Å². The molecule has 7 nitrogen and oxygen atoms in total. The molecular formula is C23H49NO6S. The van der Waals surface area contributed by atoms with Crippen molar-refractivity contribution in [3.8, 4) is 0 Å². The second-order valence-electron chi connectivity index (χ2n) is 8.56. The van der Waals surface area contributed by atoms with Crippen LogP contribution in [0.1, 0.15) is 111 Å². The molecule has 0 aliphatic heterocycles. The number of unbranched alkanes of at least 4 members (excludes halogenated alkanes) is 8. The highest BCUT2D eigenvalue weighted by atomic mass is 32.3. The van der Waals surface area contributed by atoms with Gasteiger partial charge >= 0.3 is 16.4 Å². The lowest BCUT2D eigenvalue weighted by Crippen LogP contribution is -2.13. The smallest absolute Gasteiger partial charge is 0.397 e. The first-order chi connectivity index (χ1) is 14.7. The SMILES string of the molecule is CCCC(C)CC(C)CCCCCCCCCCCC(=O)OCCN.COS(=O)(=O)O. The Morgan fingerprint density at radius 2 is 1.35 bits per heavy atom. The summed E-state index contributed by atoms with van der Waals surface area (Å²) in [6.45, 7) is 7.90. The van der Waals surface area contributed by atoms with Gasteiger partial charge in [-0.1, -0.05) is 91.4 Å². The van der Waals surface area contributed by atoms with E-state index in [4.69, 9.17) is 15.0 Å². The highest BCUT2D eigenvalue weighted by molar-refractivity contribution is 7.80. The molecule has 2 atom stereocenters. The van der Waals surface area contributed by atoms with Gasteiger partial charge in [0, 0.05) is 13.0 Å². The maximum absolute atomic E-state index is 11.3. The van der Waals surface area contributed by atoms with Gasteiger partial charge in [0.05, 0.1) is 7.11 Å². The molecule has 31 heavy (non-hydrogen) atoms. The maximum Gasteiger partial charge on any atom is 0.397 e. The van der Waals surface area contributed by atoms with E-state index in [1.54, 1.807) is 0 Å². The van der Waals surface area contributed by atoms with E-state index >= 15 is 0 Å². The minimum absolute atomic E-state index is 0.0937. The van der Waals surface area contributed by atoms with Gasteiger partial charge in [0.1, 0.15) is 6.61 Å². The quantitative estimate of drug-likeness (QED) is 0.143. The summed E-state index contributed by atoms with van der Waals surface area (Å²) in [6, 6.07) is 0. The first-order valence-corrected chi connectivity index (χ1v) is 13.4. The molecule has 0 aromatic carbocycles. The molecule has 0 saturated heterocycles. The van der Waals surface area contributed by atoms with Gasteiger partial charge in [-0.15, -0.1) is 0 Å². The molecule has 0 fully saturated rings. The van der Waals surface area contributed by atoms with Crippen LogP contribution in [0.3, 0.4) is 0 Å². The predicted molar refractivity (Wildman–Crippen MR) is 127 cm³/mol. The number of carbonyl (C=O) groups is 1. The van der Waals surface area contributed by atoms with E-state index in [9.17, 15) is 13.2 Å². The van der Waals surface area contributed by atoms with Crippen LogP contribution in [0.5, 0.6) is 0 Å². The molecule has 0 saturated carbocycles. The molecule has 188 valence electrons. The summed E-state index contributed by atoms with van der Waals surface area (Å²) in [5, 5.41) is 0. The highest BCUT2D eigenvalue weighted by Gasteiger charge is 2.07. The molecule has 0 aliphatic rings. The minimum Gasteiger partial charge on any atom is -0.464 e. The van der Waals surface area contributed by atoms with Gasteiger partial charge in [-0.2, -0.15) is 8.42 Å². The molecule has 8 heteroatoms. The number of hydrogen-bond donors (Lipinski definition) is 2. The Bertz CT molecular complexity index is 498. The van der Waals surface area contributed by atoms with Crippen molar-refractivity contribution < 1.29 is 26.7 Å². The van der Waals surface area contributed by atoms with Crippen LogP contribution in [0.15, 0.2) is 0 Å². The molecule has 2 unspecified atom stereocenters. The van der Waals surface area contributed by atoms with Crippen molar-refractivity contribution >= 4 is 16.4 Å². The molecule has 0 spiro atoms. The molecule has 3 N–H and O–H groups in total. The second-order valence-corrected chi connectivity index (χ2v) is 9.75. The average Bonchev–Trinajstić information content (AvgIpc) is 2.70. The van der Waals surface area contributed by atoms with E-state index in [2.05, 4.69) is 25.0 Å². The van der Waals surface area contributed by atoms with Gasteiger partial charge in [-0.05, 0) is 24.7 Å².